The minimum atomic E-state index is -5.94. The second-order valence-corrected chi connectivity index (χ2v) is 3.11. The Hall–Kier alpha value is 1.49. The molecule has 0 atom stereocenters. The largest absolute Gasteiger partial charge is 1.00 e. The summed E-state index contributed by atoms with van der Waals surface area (Å²) < 4.78 is 34.5. The Morgan fingerprint density at radius 1 is 0.900 bits per heavy atom. The molecule has 0 aliphatic carbocycles. The van der Waals surface area contributed by atoms with Crippen molar-refractivity contribution in [3.63, 3.8) is 0 Å². The molecule has 10 heavy (non-hydrogen) atoms. The molecule has 58 valence electrons. The van der Waals surface area contributed by atoms with Crippen molar-refractivity contribution in [3.8, 4) is 0 Å². The molecule has 0 aromatic rings. The molecule has 0 aliphatic heterocycles. The van der Waals surface area contributed by atoms with Crippen LogP contribution in [-0.4, -0.2) is 13.1 Å². The molecule has 4 N–H and O–H groups in total. The molecule has 0 saturated heterocycles. The molecule has 0 aromatic carbocycles. The van der Waals surface area contributed by atoms with Crippen LogP contribution in [0, 0.1) is 0 Å². The normalized spacial score (nSPS) is 9.00. The van der Waals surface area contributed by atoms with Crippen molar-refractivity contribution >= 4 is 0 Å². The van der Waals surface area contributed by atoms with E-state index in [0.29, 0.717) is 13.1 Å². The van der Waals surface area contributed by atoms with Gasteiger partial charge in [0.05, 0.1) is 0 Å². The van der Waals surface area contributed by atoms with E-state index in [1.165, 1.54) is 0 Å². The third-order valence-electron chi connectivity index (χ3n) is 0.167. The van der Waals surface area contributed by atoms with E-state index in [-0.39, 0.29) is 29.6 Å². The first-order valence-corrected chi connectivity index (χ1v) is 5.46. The predicted octanol–water partition coefficient (Wildman–Crippen LogP) is -11.8. The van der Waals surface area contributed by atoms with Crippen molar-refractivity contribution in [2.45, 2.75) is 0 Å². The van der Waals surface area contributed by atoms with Crippen LogP contribution in [0.1, 0.15) is 0 Å². The molecule has 0 bridgehead atoms. The van der Waals surface area contributed by atoms with Gasteiger partial charge < -0.3 is 11.5 Å². The van der Waals surface area contributed by atoms with Crippen LogP contribution in [0.5, 0.6) is 0 Å². The van der Waals surface area contributed by atoms with Crippen molar-refractivity contribution < 1.29 is 63.4 Å². The topological polar surface area (TPSA) is 144 Å². The first kappa shape index (κ1) is 17.5. The Bertz CT molecular complexity index is 51.7. The monoisotopic (exact) mass is 274 g/mol. The summed E-state index contributed by atoms with van der Waals surface area (Å²) in [4.78, 5) is 0. The van der Waals surface area contributed by atoms with Gasteiger partial charge in [-0.15, -0.1) is 0 Å². The third kappa shape index (κ3) is 110. The summed E-state index contributed by atoms with van der Waals surface area (Å²) in [5.41, 5.74) is 9.81. The average molecular weight is 274 g/mol. The summed E-state index contributed by atoms with van der Waals surface area (Å²) in [6.45, 7) is 1.19. The van der Waals surface area contributed by atoms with Crippen molar-refractivity contribution in [2.24, 2.45) is 11.5 Å². The van der Waals surface area contributed by atoms with Crippen molar-refractivity contribution in [1.82, 2.24) is 0 Å². The Kier molecular flexibility index (Phi) is 18.4. The van der Waals surface area contributed by atoms with Gasteiger partial charge in [0.1, 0.15) is 20.1 Å². The Labute approximate surface area is 87.2 Å². The van der Waals surface area contributed by atoms with Crippen LogP contribution < -0.4 is 74.9 Å². The summed E-state index contributed by atoms with van der Waals surface area (Å²) in [5, 5.41) is 0. The maximum absolute atomic E-state index is 8.62. The van der Waals surface area contributed by atoms with Gasteiger partial charge in [0.25, 0.3) is 0 Å². The Morgan fingerprint density at radius 3 is 1.00 bits per heavy atom. The molecule has 0 aromatic heterocycles. The molecule has 0 amide bonds. The van der Waals surface area contributed by atoms with Crippen molar-refractivity contribution in [3.05, 3.63) is 0 Å². The first-order valence-electron chi connectivity index (χ1n) is 1.93. The Morgan fingerprint density at radius 2 is 1.00 bits per heavy atom. The zero-order chi connectivity index (χ0) is 7.91. The molecular weight excluding hydrogens is 266 g/mol. The van der Waals surface area contributed by atoms with Crippen molar-refractivity contribution in [2.75, 3.05) is 13.1 Å². The zero-order valence-electron chi connectivity index (χ0n) is 5.58. The summed E-state index contributed by atoms with van der Waals surface area (Å²) in [6, 6.07) is 0. The van der Waals surface area contributed by atoms with Crippen LogP contribution in [0.15, 0.2) is 0 Å². The van der Waals surface area contributed by atoms with Crippen molar-refractivity contribution in [1.29, 1.82) is 0 Å². The van der Waals surface area contributed by atoms with Crippen LogP contribution in [0.4, 0.5) is 0 Å². The van der Waals surface area contributed by atoms with Crippen LogP contribution in [0.2, 0.25) is 0 Å². The standard InChI is InChI=1S/C2H8N2.IO4.Na/c3-1-2-4;2-1(3,4)5;/h1-4H2;;/q;-1;+1. The number of hydrogen-bond donors (Lipinski definition) is 2. The van der Waals surface area contributed by atoms with E-state index in [1.807, 2.05) is 0 Å². The van der Waals surface area contributed by atoms with E-state index in [2.05, 4.69) is 0 Å². The van der Waals surface area contributed by atoms with E-state index >= 15 is 0 Å². The fraction of sp³-hybridized carbons (Fsp3) is 1.00. The molecule has 8 heteroatoms. The number of rotatable bonds is 1. The molecule has 0 saturated carbocycles. The van der Waals surface area contributed by atoms with Gasteiger partial charge in [-0.3, -0.25) is 13.7 Å². The molecule has 6 nitrogen and oxygen atoms in total. The second kappa shape index (κ2) is 10.5. The molecule has 0 radical (unpaired) electrons. The van der Waals surface area contributed by atoms with Gasteiger partial charge in [0.15, 0.2) is 0 Å². The molecule has 0 unspecified atom stereocenters. The first-order chi connectivity index (χ1) is 3.91. The average Bonchev–Trinajstić information content (AvgIpc) is 1.61. The molecule has 0 rings (SSSR count). The van der Waals surface area contributed by atoms with Crippen LogP contribution in [0.3, 0.4) is 0 Å². The summed E-state index contributed by atoms with van der Waals surface area (Å²) in [5.74, 6) is 0. The summed E-state index contributed by atoms with van der Waals surface area (Å²) >= 11 is -5.94. The minimum Gasteiger partial charge on any atom is -0.329 e. The summed E-state index contributed by atoms with van der Waals surface area (Å²) in [6.07, 6.45) is 0. The summed E-state index contributed by atoms with van der Waals surface area (Å²) in [7, 11) is 0. The van der Waals surface area contributed by atoms with Crippen LogP contribution in [0.25, 0.3) is 0 Å². The molecule has 0 fully saturated rings. The SMILES string of the molecule is NCCN.[Na+].[O-][I+3]([O-])([O-])[O-]. The second-order valence-electron chi connectivity index (χ2n) is 0.955. The molecule has 0 aliphatic rings. The number of halogens is 1. The Balaban J connectivity index is -0.0000000910. The smallest absolute Gasteiger partial charge is 0.329 e. The zero-order valence-corrected chi connectivity index (χ0v) is 9.74. The van der Waals surface area contributed by atoms with E-state index in [1.54, 1.807) is 0 Å². The van der Waals surface area contributed by atoms with Gasteiger partial charge in [0.2, 0.25) is 0 Å². The molecular formula is C2H8IN2NaO4. The van der Waals surface area contributed by atoms with E-state index in [9.17, 15) is 0 Å². The van der Waals surface area contributed by atoms with Gasteiger partial charge in [-0.1, -0.05) is 0 Å². The van der Waals surface area contributed by atoms with Gasteiger partial charge in [0, 0.05) is 13.1 Å². The quantitative estimate of drug-likeness (QED) is 0.358. The van der Waals surface area contributed by atoms with E-state index in [0.717, 1.165) is 0 Å². The van der Waals surface area contributed by atoms with Gasteiger partial charge >= 0.3 is 29.6 Å². The third-order valence-corrected chi connectivity index (χ3v) is 0.167. The minimum absolute atomic E-state index is 0. The van der Waals surface area contributed by atoms with E-state index in [4.69, 9.17) is 25.2 Å². The maximum Gasteiger partial charge on any atom is 1.00 e. The maximum atomic E-state index is 8.62. The molecule has 0 heterocycles. The van der Waals surface area contributed by atoms with Gasteiger partial charge in [-0.2, -0.15) is 0 Å². The van der Waals surface area contributed by atoms with Crippen LogP contribution >= 0.6 is 0 Å². The molecule has 0 spiro atoms. The fourth-order valence-electron chi connectivity index (χ4n) is 0. The fourth-order valence-corrected chi connectivity index (χ4v) is 0. The van der Waals surface area contributed by atoms with Gasteiger partial charge in [-0.05, 0) is 0 Å². The van der Waals surface area contributed by atoms with E-state index < -0.39 is 20.1 Å². The predicted molar refractivity (Wildman–Crippen MR) is 18.1 cm³/mol. The number of hydrogen-bond acceptors (Lipinski definition) is 6. The number of nitrogens with two attached hydrogens (primary N) is 2. The van der Waals surface area contributed by atoms with Crippen LogP contribution in [-0.2, 0) is 0 Å². The van der Waals surface area contributed by atoms with Gasteiger partial charge in [-0.25, -0.2) is 0 Å².